The van der Waals surface area contributed by atoms with Crippen molar-refractivity contribution in [3.63, 3.8) is 0 Å². The number of rotatable bonds is 30. The van der Waals surface area contributed by atoms with Crippen LogP contribution in [0.25, 0.3) is 0 Å². The number of hydrogen-bond donors (Lipinski definition) is 0. The number of alkyl halides is 10. The van der Waals surface area contributed by atoms with Crippen LogP contribution in [0, 0.1) is 0 Å². The molecule has 10 nitrogen and oxygen atoms in total. The van der Waals surface area contributed by atoms with E-state index in [1.165, 1.54) is 0 Å². The molecule has 5 aromatic rings. The van der Waals surface area contributed by atoms with E-state index < -0.39 is 0 Å². The number of halogens is 10. The van der Waals surface area contributed by atoms with Crippen molar-refractivity contribution in [1.82, 2.24) is 0 Å². The molecular formula is C55H60Br10O10. The fourth-order valence-electron chi connectivity index (χ4n) is 8.46. The minimum absolute atomic E-state index is 0.448. The first-order chi connectivity index (χ1) is 36.7. The van der Waals surface area contributed by atoms with Gasteiger partial charge in [0.1, 0.15) is 57.5 Å². The van der Waals surface area contributed by atoms with E-state index in [-0.39, 0.29) is 0 Å². The molecule has 10 aliphatic carbocycles. The molecule has 0 saturated carbocycles. The third-order valence-electron chi connectivity index (χ3n) is 11.5. The average Bonchev–Trinajstić information content (AvgIpc) is 3.42. The molecular weight excluding hydrogens is 1620 g/mol. The highest BCUT2D eigenvalue weighted by Crippen LogP contribution is 2.43. The van der Waals surface area contributed by atoms with Crippen molar-refractivity contribution in [3.05, 3.63) is 116 Å². The molecule has 0 atom stereocenters. The maximum absolute atomic E-state index is 6.62. The fourth-order valence-corrected chi connectivity index (χ4v) is 10.1. The molecule has 0 aromatic heterocycles. The van der Waals surface area contributed by atoms with Crippen LogP contribution >= 0.6 is 159 Å². The summed E-state index contributed by atoms with van der Waals surface area (Å²) in [4.78, 5) is 0. The summed E-state index contributed by atoms with van der Waals surface area (Å²) in [6.45, 7) is 4.48. The van der Waals surface area contributed by atoms with Crippen LogP contribution in [0.3, 0.4) is 0 Å². The molecule has 0 fully saturated rings. The van der Waals surface area contributed by atoms with Gasteiger partial charge in [-0.15, -0.1) is 0 Å². The predicted molar refractivity (Wildman–Crippen MR) is 339 cm³/mol. The van der Waals surface area contributed by atoms with Crippen LogP contribution in [0.2, 0.25) is 0 Å². The molecule has 0 aliphatic heterocycles. The second-order valence-electron chi connectivity index (χ2n) is 16.6. The Morgan fingerprint density at radius 1 is 0.187 bits per heavy atom. The summed E-state index contributed by atoms with van der Waals surface area (Å²) in [5.74, 6) is 7.33. The molecule has 0 heterocycles. The third kappa shape index (κ3) is 19.0. The molecule has 15 rings (SSSR count). The molecule has 10 aliphatic rings. The van der Waals surface area contributed by atoms with Crippen molar-refractivity contribution < 1.29 is 47.4 Å². The van der Waals surface area contributed by atoms with Gasteiger partial charge >= 0.3 is 0 Å². The Hall–Kier alpha value is -1.10. The van der Waals surface area contributed by atoms with Gasteiger partial charge in [-0.05, 0) is 60.7 Å². The third-order valence-corrected chi connectivity index (χ3v) is 14.7. The number of benzene rings is 5. The van der Waals surface area contributed by atoms with Crippen molar-refractivity contribution >= 4 is 159 Å². The van der Waals surface area contributed by atoms with Crippen LogP contribution in [0.4, 0.5) is 0 Å². The molecule has 5 aromatic carbocycles. The van der Waals surface area contributed by atoms with E-state index in [4.69, 9.17) is 47.4 Å². The average molecular weight is 1680 g/mol. The van der Waals surface area contributed by atoms with Gasteiger partial charge in [-0.25, -0.2) is 0 Å². The minimum atomic E-state index is 0.448. The first-order valence-corrected chi connectivity index (χ1v) is 35.6. The van der Waals surface area contributed by atoms with Crippen LogP contribution in [-0.4, -0.2) is 119 Å². The molecule has 20 heteroatoms. The molecule has 75 heavy (non-hydrogen) atoms. The van der Waals surface area contributed by atoms with Crippen molar-refractivity contribution in [2.24, 2.45) is 0 Å². The summed E-state index contributed by atoms with van der Waals surface area (Å²) in [5.41, 5.74) is 9.33. The van der Waals surface area contributed by atoms with Gasteiger partial charge in [-0.2, -0.15) is 0 Å². The van der Waals surface area contributed by atoms with E-state index in [2.05, 4.69) is 220 Å². The zero-order chi connectivity index (χ0) is 53.4. The summed E-state index contributed by atoms with van der Waals surface area (Å²) >= 11 is 36.2. The minimum Gasteiger partial charge on any atom is -0.492 e. The molecule has 0 radical (unpaired) electrons. The molecule has 10 bridgehead atoms. The monoisotopic (exact) mass is 1670 g/mol. The van der Waals surface area contributed by atoms with Crippen LogP contribution in [0.15, 0.2) is 60.7 Å². The second kappa shape index (κ2) is 34.9. The van der Waals surface area contributed by atoms with E-state index in [1.54, 1.807) is 0 Å². The first-order valence-electron chi connectivity index (χ1n) is 24.4. The van der Waals surface area contributed by atoms with E-state index >= 15 is 0 Å². The van der Waals surface area contributed by atoms with Gasteiger partial charge in [0.2, 0.25) is 0 Å². The van der Waals surface area contributed by atoms with Crippen molar-refractivity contribution in [2.75, 3.05) is 119 Å². The van der Waals surface area contributed by atoms with Gasteiger partial charge in [0.25, 0.3) is 0 Å². The van der Waals surface area contributed by atoms with E-state index in [9.17, 15) is 0 Å². The maximum Gasteiger partial charge on any atom is 0.123 e. The Morgan fingerprint density at radius 2 is 0.280 bits per heavy atom. The van der Waals surface area contributed by atoms with Crippen LogP contribution in [0.1, 0.15) is 55.6 Å². The highest BCUT2D eigenvalue weighted by Gasteiger charge is 2.25. The molecule has 0 N–H and O–H groups in total. The summed E-state index contributed by atoms with van der Waals surface area (Å²) < 4.78 is 66.2. The van der Waals surface area contributed by atoms with Gasteiger partial charge in [-0.3, -0.25) is 0 Å². The summed E-state index contributed by atoms with van der Waals surface area (Å²) in [6.07, 6.45) is 2.32. The molecule has 410 valence electrons. The van der Waals surface area contributed by atoms with Gasteiger partial charge in [-0.1, -0.05) is 159 Å². The maximum atomic E-state index is 6.62. The van der Waals surface area contributed by atoms with Gasteiger partial charge in [0.05, 0.1) is 66.1 Å². The largest absolute Gasteiger partial charge is 0.492 e. The molecule has 0 amide bonds. The number of hydrogen-bond acceptors (Lipinski definition) is 10. The Kier molecular flexibility index (Phi) is 29.4. The standard InChI is InChI=1S/C55H60Br10O10/c56-1-11-66-46-26-37-22-39-29-51(71-16-6-61)41(31-50(39)70-15-5-60)24-43-33-55(75-20-10-65)45(35-54(43)74-19-9-64)25-44-34-52(72-17-7-62)42(32-53(44)73-18-8-63)23-40-30-48(68-13-3-58)38(28-49(40)69-14-4-59)21-36(46)27-47(37)67-12-2-57/h26-35H,1-25H2. The normalized spacial score (nSPS) is 12.1. The second-order valence-corrected chi connectivity index (χ2v) is 24.5. The van der Waals surface area contributed by atoms with Crippen molar-refractivity contribution in [1.29, 1.82) is 0 Å². The van der Waals surface area contributed by atoms with Crippen LogP contribution < -0.4 is 47.4 Å². The zero-order valence-corrected chi connectivity index (χ0v) is 57.2. The Balaban J connectivity index is 1.72. The van der Waals surface area contributed by atoms with Gasteiger partial charge in [0.15, 0.2) is 0 Å². The van der Waals surface area contributed by atoms with Crippen molar-refractivity contribution in [3.8, 4) is 57.5 Å². The number of ether oxygens (including phenoxy) is 10. The zero-order valence-electron chi connectivity index (χ0n) is 41.3. The van der Waals surface area contributed by atoms with Gasteiger partial charge in [0, 0.05) is 141 Å². The smallest absolute Gasteiger partial charge is 0.123 e. The lowest BCUT2D eigenvalue weighted by Gasteiger charge is -2.22. The van der Waals surface area contributed by atoms with Crippen molar-refractivity contribution in [2.45, 2.75) is 32.1 Å². The highest BCUT2D eigenvalue weighted by molar-refractivity contribution is 9.10. The molecule has 0 saturated heterocycles. The molecule has 0 spiro atoms. The van der Waals surface area contributed by atoms with Crippen LogP contribution in [-0.2, 0) is 32.1 Å². The lowest BCUT2D eigenvalue weighted by Crippen LogP contribution is -2.10. The summed E-state index contributed by atoms with van der Waals surface area (Å²) in [5, 5.41) is 6.42. The lowest BCUT2D eigenvalue weighted by atomic mass is 9.94. The quantitative estimate of drug-likeness (QED) is 0.0406. The molecule has 0 unspecified atom stereocenters. The van der Waals surface area contributed by atoms with Crippen LogP contribution in [0.5, 0.6) is 57.5 Å². The Labute approximate surface area is 526 Å². The Morgan fingerprint density at radius 3 is 0.360 bits per heavy atom. The fraction of sp³-hybridized carbons (Fsp3) is 0.455. The van der Waals surface area contributed by atoms with Gasteiger partial charge < -0.3 is 47.4 Å². The topological polar surface area (TPSA) is 92.3 Å². The van der Waals surface area contributed by atoms with E-state index in [0.717, 1.165) is 113 Å². The SMILES string of the molecule is BrCCOc1cc2c(OCCBr)cc1Cc1cc(OCCBr)c(cc1OCCBr)Cc1cc(OCCBr)c(cc1OCCBr)Cc1cc(OCCBr)c(cc1OCCBr)Cc1cc(OCCBr)c(cc1OCCBr)C2. The lowest BCUT2D eigenvalue weighted by molar-refractivity contribution is 0.324. The summed E-state index contributed by atoms with van der Waals surface area (Å²) in [7, 11) is 0. The van der Waals surface area contributed by atoms with E-state index in [0.29, 0.717) is 151 Å². The highest BCUT2D eigenvalue weighted by atomic mass is 79.9. The summed E-state index contributed by atoms with van der Waals surface area (Å²) in [6, 6.07) is 21.1. The Bertz CT molecular complexity index is 2000. The predicted octanol–water partition coefficient (Wildman–Crippen LogP) is 15.7. The first kappa shape index (κ1) is 63.1. The van der Waals surface area contributed by atoms with E-state index in [1.807, 2.05) is 0 Å².